The first-order valence-electron chi connectivity index (χ1n) is 8.43. The van der Waals surface area contributed by atoms with E-state index in [-0.39, 0.29) is 46.9 Å². The van der Waals surface area contributed by atoms with E-state index in [1.54, 1.807) is 13.8 Å². The molecule has 0 aliphatic heterocycles. The molecule has 0 fully saturated rings. The number of carboxylic acids is 2. The molecule has 2 N–H and O–H groups in total. The van der Waals surface area contributed by atoms with Gasteiger partial charge in [-0.2, -0.15) is 0 Å². The smallest absolute Gasteiger partial charge is 0.544 e. The maximum Gasteiger partial charge on any atom is 1.00 e. The van der Waals surface area contributed by atoms with Gasteiger partial charge >= 0.3 is 35.5 Å². The fourth-order valence-corrected chi connectivity index (χ4v) is 3.31. The Bertz CT molecular complexity index is 378. The summed E-state index contributed by atoms with van der Waals surface area (Å²) in [6.45, 7) is 5.16. The number of hydrogen-bond acceptors (Lipinski definition) is 4. The van der Waals surface area contributed by atoms with Gasteiger partial charge in [0.2, 0.25) is 0 Å². The van der Waals surface area contributed by atoms with Gasteiger partial charge in [0, 0.05) is 12.8 Å². The Kier molecular flexibility index (Phi) is 14.9. The van der Waals surface area contributed by atoms with Crippen LogP contribution in [-0.2, 0) is 9.59 Å². The number of rotatable bonds is 13. The number of aliphatic hydroxyl groups is 1. The monoisotopic (exact) mass is 352 g/mol. The second-order valence-electron chi connectivity index (χ2n) is 5.89. The fourth-order valence-electron chi connectivity index (χ4n) is 3.31. The molecule has 0 aliphatic rings. The molecule has 0 rings (SSSR count). The summed E-state index contributed by atoms with van der Waals surface area (Å²) < 4.78 is -0.353. The topological polar surface area (TPSA) is 97.7 Å². The summed E-state index contributed by atoms with van der Waals surface area (Å²) >= 11 is 0. The van der Waals surface area contributed by atoms with Crippen molar-refractivity contribution in [2.75, 3.05) is 13.3 Å². The molecule has 3 unspecified atom stereocenters. The average molecular weight is 352 g/mol. The summed E-state index contributed by atoms with van der Waals surface area (Å²) in [5.74, 6) is -2.37. The molecule has 0 amide bonds. The summed E-state index contributed by atoms with van der Waals surface area (Å²) in [7, 11) is 0. The molecule has 0 aromatic heterocycles. The van der Waals surface area contributed by atoms with Crippen molar-refractivity contribution >= 4 is 11.9 Å². The number of quaternary nitrogens is 1. The van der Waals surface area contributed by atoms with Crippen LogP contribution in [0.25, 0.3) is 0 Å². The van der Waals surface area contributed by atoms with Crippen LogP contribution in [0, 0.1) is 0 Å². The molecule has 134 valence electrons. The van der Waals surface area contributed by atoms with Crippen molar-refractivity contribution in [1.29, 1.82) is 0 Å². The van der Waals surface area contributed by atoms with Crippen LogP contribution in [0.1, 0.15) is 59.3 Å². The summed E-state index contributed by atoms with van der Waals surface area (Å²) in [5.41, 5.74) is 0. The molecule has 0 aliphatic carbocycles. The van der Waals surface area contributed by atoms with E-state index >= 15 is 0 Å². The van der Waals surface area contributed by atoms with E-state index in [1.165, 1.54) is 0 Å². The zero-order valence-electron chi connectivity index (χ0n) is 15.5. The zero-order chi connectivity index (χ0) is 17.9. The molecule has 0 aromatic rings. The van der Waals surface area contributed by atoms with Gasteiger partial charge in [-0.15, -0.1) is 0 Å². The summed E-state index contributed by atoms with van der Waals surface area (Å²) in [5, 5.41) is 30.9. The number of aliphatic carboxylic acids is 2. The van der Waals surface area contributed by atoms with Crippen molar-refractivity contribution in [3.05, 3.63) is 12.2 Å². The van der Waals surface area contributed by atoms with Gasteiger partial charge in [-0.3, -0.25) is 4.48 Å². The maximum absolute atomic E-state index is 11.6. The third kappa shape index (κ3) is 7.23. The van der Waals surface area contributed by atoms with Gasteiger partial charge in [0.25, 0.3) is 0 Å². The van der Waals surface area contributed by atoms with Crippen LogP contribution in [0.3, 0.4) is 0 Å². The second kappa shape index (κ2) is 13.8. The summed E-state index contributed by atoms with van der Waals surface area (Å²) in [4.78, 5) is 23.1. The number of nitrogens with zero attached hydrogens (tertiary/aromatic N) is 1. The fraction of sp³-hybridized carbons (Fsp3) is 0.765. The van der Waals surface area contributed by atoms with E-state index in [9.17, 15) is 24.9 Å². The van der Waals surface area contributed by atoms with E-state index in [2.05, 4.69) is 6.08 Å². The normalized spacial score (nSPS) is 16.2. The molecule has 7 heteroatoms. The number of carboxylic acid groups (broad SMARTS) is 2. The first-order valence-corrected chi connectivity index (χ1v) is 8.43. The molecule has 6 nitrogen and oxygen atoms in total. The minimum Gasteiger partial charge on any atom is -0.544 e. The van der Waals surface area contributed by atoms with Crippen LogP contribution in [0.15, 0.2) is 12.2 Å². The predicted molar refractivity (Wildman–Crippen MR) is 86.3 cm³/mol. The van der Waals surface area contributed by atoms with Gasteiger partial charge in [-0.25, -0.2) is 4.79 Å². The van der Waals surface area contributed by atoms with E-state index < -0.39 is 30.8 Å². The molecule has 0 bridgehead atoms. The molecular weight excluding hydrogens is 321 g/mol. The quantitative estimate of drug-likeness (QED) is 0.135. The van der Waals surface area contributed by atoms with Gasteiger partial charge in [-0.05, 0) is 32.6 Å². The third-order valence-electron chi connectivity index (χ3n) is 4.52. The number of hydrogen-bond donors (Lipinski definition) is 2. The molecule has 0 heterocycles. The molecule has 0 saturated heterocycles. The Morgan fingerprint density at radius 3 is 2.08 bits per heavy atom. The van der Waals surface area contributed by atoms with Crippen molar-refractivity contribution in [1.82, 2.24) is 0 Å². The van der Waals surface area contributed by atoms with E-state index in [1.807, 2.05) is 13.0 Å². The largest absolute Gasteiger partial charge is 1.00 e. The predicted octanol–water partition coefficient (Wildman–Crippen LogP) is -1.71. The molecule has 0 radical (unpaired) electrons. The van der Waals surface area contributed by atoms with Crippen molar-refractivity contribution in [2.24, 2.45) is 0 Å². The van der Waals surface area contributed by atoms with Crippen molar-refractivity contribution in [3.8, 4) is 0 Å². The molecule has 0 aromatic carbocycles. The summed E-state index contributed by atoms with van der Waals surface area (Å²) in [6.07, 6.45) is 7.98. The van der Waals surface area contributed by atoms with Crippen LogP contribution in [0.4, 0.5) is 0 Å². The number of carbonyl (C=O) groups is 2. The number of unbranched alkanes of at least 4 members (excludes halogenated alkanes) is 3. The molecule has 3 atom stereocenters. The van der Waals surface area contributed by atoms with Crippen LogP contribution in [0.5, 0.6) is 0 Å². The van der Waals surface area contributed by atoms with Crippen LogP contribution >= 0.6 is 0 Å². The van der Waals surface area contributed by atoms with E-state index in [0.717, 1.165) is 19.3 Å². The Balaban J connectivity index is 0. The number of allylic oxidation sites excluding steroid dienone is 2. The van der Waals surface area contributed by atoms with Crippen molar-refractivity contribution < 1.29 is 58.9 Å². The second-order valence-corrected chi connectivity index (χ2v) is 5.89. The van der Waals surface area contributed by atoms with Crippen LogP contribution in [0.2, 0.25) is 0 Å². The third-order valence-corrected chi connectivity index (χ3v) is 4.52. The molecule has 24 heavy (non-hydrogen) atoms. The Morgan fingerprint density at radius 2 is 1.71 bits per heavy atom. The van der Waals surface area contributed by atoms with Crippen LogP contribution < -0.4 is 34.7 Å². The Hall–Kier alpha value is -0.400. The number of aliphatic hydroxyl groups excluding tert-OH is 1. The van der Waals surface area contributed by atoms with Crippen LogP contribution in [-0.4, -0.2) is 52.0 Å². The number of carbonyl (C=O) groups excluding carboxylic acids is 1. The van der Waals surface area contributed by atoms with E-state index in [0.29, 0.717) is 13.0 Å². The SMILES string of the molecule is C/C=C/CCCCC[N+](CO)(C(CC)C(=O)[O-])C(CC)C(=O)O.[Na+]. The van der Waals surface area contributed by atoms with E-state index in [4.69, 9.17) is 0 Å². The van der Waals surface area contributed by atoms with Gasteiger partial charge in [0.1, 0.15) is 6.04 Å². The summed E-state index contributed by atoms with van der Waals surface area (Å²) in [6, 6.07) is -1.96. The average Bonchev–Trinajstić information content (AvgIpc) is 2.50. The first-order chi connectivity index (χ1) is 10.9. The Morgan fingerprint density at radius 1 is 1.12 bits per heavy atom. The van der Waals surface area contributed by atoms with Gasteiger partial charge < -0.3 is 20.1 Å². The Labute approximate surface area is 167 Å². The first kappa shape index (κ1) is 25.8. The molecule has 0 saturated carbocycles. The molecule has 0 spiro atoms. The van der Waals surface area contributed by atoms with Crippen molar-refractivity contribution in [2.45, 2.75) is 71.4 Å². The minimum absolute atomic E-state index is 0. The maximum atomic E-state index is 11.6. The standard InChI is InChI=1S/C17H31NO5.Na/c1-4-7-8-9-10-11-12-18(13-19,14(5-2)16(20)21)15(6-3)17(22)23;/h4,7,14-15,19H,5-6,8-13H2,1-3H3,(H-,20,21,22,23);/q;+1/b7-4+;. The van der Waals surface area contributed by atoms with Crippen molar-refractivity contribution in [3.63, 3.8) is 0 Å². The van der Waals surface area contributed by atoms with Gasteiger partial charge in [-0.1, -0.05) is 26.0 Å². The minimum atomic E-state index is -1.30. The zero-order valence-corrected chi connectivity index (χ0v) is 17.5. The van der Waals surface area contributed by atoms with Gasteiger partial charge in [0.15, 0.2) is 12.8 Å². The molecular formula is C17H31NNaO5+. The van der Waals surface area contributed by atoms with Gasteiger partial charge in [0.05, 0.1) is 12.5 Å².